The largest absolute Gasteiger partial charge is 0.352 e. The Bertz CT molecular complexity index is 684. The lowest BCUT2D eigenvalue weighted by Gasteiger charge is -2.34. The van der Waals surface area contributed by atoms with Gasteiger partial charge in [-0.1, -0.05) is 57.0 Å². The molecule has 23 heavy (non-hydrogen) atoms. The van der Waals surface area contributed by atoms with E-state index in [-0.39, 0.29) is 5.91 Å². The fourth-order valence-electron chi connectivity index (χ4n) is 3.44. The van der Waals surface area contributed by atoms with Crippen molar-refractivity contribution in [3.63, 3.8) is 0 Å². The predicted molar refractivity (Wildman–Crippen MR) is 98.8 cm³/mol. The second-order valence-electron chi connectivity index (χ2n) is 6.74. The number of thioether (sulfide) groups is 1. The Hall–Kier alpha value is -1.48. The average Bonchev–Trinajstić information content (AvgIpc) is 2.57. The van der Waals surface area contributed by atoms with Crippen molar-refractivity contribution in [1.82, 2.24) is 5.32 Å². The first-order valence-electron chi connectivity index (χ1n) is 8.54. The van der Waals surface area contributed by atoms with Crippen LogP contribution < -0.4 is 5.32 Å². The molecule has 0 aromatic heterocycles. The first-order valence-corrected chi connectivity index (χ1v) is 9.53. The molecule has 3 atom stereocenters. The zero-order chi connectivity index (χ0) is 16.2. The molecule has 0 aliphatic heterocycles. The molecule has 0 saturated heterocycles. The van der Waals surface area contributed by atoms with Gasteiger partial charge >= 0.3 is 0 Å². The van der Waals surface area contributed by atoms with E-state index in [9.17, 15) is 4.79 Å². The number of fused-ring (bicyclic) bond motifs is 1. The third kappa shape index (κ3) is 4.08. The standard InChI is InChI=1S/C20H25NOS/c1-14-6-5-9-19(15(14)2)21-20(22)13-23-18-11-10-16-7-3-4-8-17(16)12-18/h3-4,7-8,10-12,14-15,19H,5-6,9,13H2,1-2H3,(H,21,22)/t14-,15-,19+/m1/s1. The van der Waals surface area contributed by atoms with Crippen LogP contribution in [-0.4, -0.2) is 17.7 Å². The number of carbonyl (C=O) groups is 1. The second kappa shape index (κ2) is 7.39. The number of nitrogens with one attached hydrogen (secondary N) is 1. The Morgan fingerprint density at radius 2 is 1.91 bits per heavy atom. The van der Waals surface area contributed by atoms with Crippen LogP contribution in [0.1, 0.15) is 33.1 Å². The highest BCUT2D eigenvalue weighted by atomic mass is 32.2. The lowest BCUT2D eigenvalue weighted by molar-refractivity contribution is -0.119. The molecule has 1 fully saturated rings. The molecule has 3 rings (SSSR count). The maximum absolute atomic E-state index is 12.3. The van der Waals surface area contributed by atoms with Crippen LogP contribution in [0.3, 0.4) is 0 Å². The SMILES string of the molecule is C[C@@H]1[C@H](C)CCC[C@@H]1NC(=O)CSc1ccc2ccccc2c1. The summed E-state index contributed by atoms with van der Waals surface area (Å²) in [6.45, 7) is 4.57. The van der Waals surface area contributed by atoms with Gasteiger partial charge in [0.15, 0.2) is 0 Å². The molecule has 1 aliphatic rings. The molecule has 0 heterocycles. The van der Waals surface area contributed by atoms with Crippen LogP contribution >= 0.6 is 11.8 Å². The van der Waals surface area contributed by atoms with E-state index in [1.807, 2.05) is 0 Å². The molecule has 3 heteroatoms. The summed E-state index contributed by atoms with van der Waals surface area (Å²) in [7, 11) is 0. The van der Waals surface area contributed by atoms with Gasteiger partial charge in [0.05, 0.1) is 5.75 Å². The normalized spacial score (nSPS) is 24.5. The minimum atomic E-state index is 0.161. The van der Waals surface area contributed by atoms with E-state index < -0.39 is 0 Å². The monoisotopic (exact) mass is 327 g/mol. The summed E-state index contributed by atoms with van der Waals surface area (Å²) < 4.78 is 0. The maximum Gasteiger partial charge on any atom is 0.230 e. The van der Waals surface area contributed by atoms with E-state index in [1.165, 1.54) is 23.6 Å². The molecule has 0 bridgehead atoms. The summed E-state index contributed by atoms with van der Waals surface area (Å²) in [5.41, 5.74) is 0. The third-order valence-electron chi connectivity index (χ3n) is 5.14. The molecule has 2 aromatic rings. The van der Waals surface area contributed by atoms with Crippen molar-refractivity contribution in [3.05, 3.63) is 42.5 Å². The van der Waals surface area contributed by atoms with Crippen molar-refractivity contribution in [2.45, 2.75) is 44.0 Å². The Morgan fingerprint density at radius 1 is 1.13 bits per heavy atom. The summed E-state index contributed by atoms with van der Waals surface area (Å²) in [6.07, 6.45) is 3.64. The van der Waals surface area contributed by atoms with E-state index in [0.717, 1.165) is 11.3 Å². The quantitative estimate of drug-likeness (QED) is 0.812. The van der Waals surface area contributed by atoms with Crippen LogP contribution in [0.15, 0.2) is 47.4 Å². The Labute approximate surface area is 143 Å². The van der Waals surface area contributed by atoms with E-state index in [2.05, 4.69) is 61.6 Å². The van der Waals surface area contributed by atoms with Crippen molar-refractivity contribution in [2.75, 3.05) is 5.75 Å². The van der Waals surface area contributed by atoms with Crippen LogP contribution in [0.5, 0.6) is 0 Å². The van der Waals surface area contributed by atoms with E-state index >= 15 is 0 Å². The van der Waals surface area contributed by atoms with Crippen molar-refractivity contribution < 1.29 is 4.79 Å². The molecule has 1 N–H and O–H groups in total. The van der Waals surface area contributed by atoms with Gasteiger partial charge in [-0.15, -0.1) is 11.8 Å². The summed E-state index contributed by atoms with van der Waals surface area (Å²) in [5.74, 6) is 1.95. The Kier molecular flexibility index (Phi) is 5.27. The lowest BCUT2D eigenvalue weighted by Crippen LogP contribution is -2.44. The van der Waals surface area contributed by atoms with E-state index in [0.29, 0.717) is 23.6 Å². The average molecular weight is 327 g/mol. The summed E-state index contributed by atoms with van der Waals surface area (Å²) in [6, 6.07) is 15.1. The second-order valence-corrected chi connectivity index (χ2v) is 7.79. The van der Waals surface area contributed by atoms with Crippen molar-refractivity contribution in [2.24, 2.45) is 11.8 Å². The fraction of sp³-hybridized carbons (Fsp3) is 0.450. The summed E-state index contributed by atoms with van der Waals surface area (Å²) >= 11 is 1.62. The van der Waals surface area contributed by atoms with E-state index in [4.69, 9.17) is 0 Å². The van der Waals surface area contributed by atoms with Crippen LogP contribution in [-0.2, 0) is 4.79 Å². The van der Waals surface area contributed by atoms with Crippen molar-refractivity contribution >= 4 is 28.4 Å². The van der Waals surface area contributed by atoms with Crippen LogP contribution in [0.2, 0.25) is 0 Å². The first kappa shape index (κ1) is 16.4. The molecule has 2 aromatic carbocycles. The number of hydrogen-bond acceptors (Lipinski definition) is 2. The smallest absolute Gasteiger partial charge is 0.230 e. The molecule has 0 spiro atoms. The van der Waals surface area contributed by atoms with Crippen molar-refractivity contribution in [1.29, 1.82) is 0 Å². The number of hydrogen-bond donors (Lipinski definition) is 1. The Balaban J connectivity index is 1.55. The van der Waals surface area contributed by atoms with Crippen LogP contribution in [0.25, 0.3) is 10.8 Å². The minimum absolute atomic E-state index is 0.161. The van der Waals surface area contributed by atoms with Gasteiger partial charge < -0.3 is 5.32 Å². The molecular formula is C20H25NOS. The van der Waals surface area contributed by atoms with Crippen LogP contribution in [0, 0.1) is 11.8 Å². The lowest BCUT2D eigenvalue weighted by atomic mass is 9.78. The van der Waals surface area contributed by atoms with Gasteiger partial charge in [-0.25, -0.2) is 0 Å². The number of carbonyl (C=O) groups excluding carboxylic acids is 1. The molecule has 122 valence electrons. The Morgan fingerprint density at radius 3 is 2.74 bits per heavy atom. The molecule has 0 unspecified atom stereocenters. The maximum atomic E-state index is 12.3. The van der Waals surface area contributed by atoms with Gasteiger partial charge in [0.1, 0.15) is 0 Å². The van der Waals surface area contributed by atoms with Gasteiger partial charge in [-0.3, -0.25) is 4.79 Å². The molecule has 1 saturated carbocycles. The van der Waals surface area contributed by atoms with Crippen LogP contribution in [0.4, 0.5) is 0 Å². The zero-order valence-corrected chi connectivity index (χ0v) is 14.7. The first-order chi connectivity index (χ1) is 11.1. The number of benzene rings is 2. The van der Waals surface area contributed by atoms with Crippen molar-refractivity contribution in [3.8, 4) is 0 Å². The molecule has 0 radical (unpaired) electrons. The van der Waals surface area contributed by atoms with Gasteiger partial charge in [-0.2, -0.15) is 0 Å². The highest BCUT2D eigenvalue weighted by Crippen LogP contribution is 2.30. The van der Waals surface area contributed by atoms with Gasteiger partial charge in [0.2, 0.25) is 5.91 Å². The van der Waals surface area contributed by atoms with Gasteiger partial charge in [0.25, 0.3) is 0 Å². The number of amides is 1. The highest BCUT2D eigenvalue weighted by molar-refractivity contribution is 8.00. The molecule has 2 nitrogen and oxygen atoms in total. The molecule has 1 aliphatic carbocycles. The molecular weight excluding hydrogens is 302 g/mol. The zero-order valence-electron chi connectivity index (χ0n) is 13.9. The molecule has 1 amide bonds. The fourth-order valence-corrected chi connectivity index (χ4v) is 4.20. The third-order valence-corrected chi connectivity index (χ3v) is 6.14. The predicted octanol–water partition coefficient (Wildman–Crippen LogP) is 4.87. The summed E-state index contributed by atoms with van der Waals surface area (Å²) in [4.78, 5) is 13.4. The summed E-state index contributed by atoms with van der Waals surface area (Å²) in [5, 5.41) is 5.72. The van der Waals surface area contributed by atoms with Gasteiger partial charge in [0, 0.05) is 10.9 Å². The highest BCUT2D eigenvalue weighted by Gasteiger charge is 2.27. The topological polar surface area (TPSA) is 29.1 Å². The van der Waals surface area contributed by atoms with Gasteiger partial charge in [-0.05, 0) is 41.2 Å². The van der Waals surface area contributed by atoms with E-state index in [1.54, 1.807) is 11.8 Å². The number of rotatable bonds is 4. The minimum Gasteiger partial charge on any atom is -0.352 e.